The summed E-state index contributed by atoms with van der Waals surface area (Å²) < 4.78 is 5.63. The first kappa shape index (κ1) is 13.4. The molecule has 0 spiro atoms. The van der Waals surface area contributed by atoms with Gasteiger partial charge in [-0.3, -0.25) is 0 Å². The third-order valence-electron chi connectivity index (χ3n) is 4.47. The minimum absolute atomic E-state index is 0.576. The van der Waals surface area contributed by atoms with Gasteiger partial charge in [0.05, 0.1) is 6.10 Å². The average molecular weight is 239 g/mol. The largest absolute Gasteiger partial charge is 0.378 e. The van der Waals surface area contributed by atoms with Crippen LogP contribution in [0.15, 0.2) is 0 Å². The molecular formula is C15H29NO. The molecule has 2 rings (SSSR count). The van der Waals surface area contributed by atoms with Crippen molar-refractivity contribution in [1.29, 1.82) is 0 Å². The summed E-state index contributed by atoms with van der Waals surface area (Å²) in [5.41, 5.74) is 0. The predicted octanol–water partition coefficient (Wildman–Crippen LogP) is 3.36. The highest BCUT2D eigenvalue weighted by Gasteiger charge is 2.18. The van der Waals surface area contributed by atoms with E-state index in [1.165, 1.54) is 64.5 Å². The Balaban J connectivity index is 1.43. The highest BCUT2D eigenvalue weighted by atomic mass is 16.5. The van der Waals surface area contributed by atoms with Crippen LogP contribution >= 0.6 is 0 Å². The molecule has 1 aliphatic carbocycles. The smallest absolute Gasteiger partial charge is 0.0576 e. The monoisotopic (exact) mass is 239 g/mol. The lowest BCUT2D eigenvalue weighted by molar-refractivity contribution is 0.102. The number of hydrogen-bond acceptors (Lipinski definition) is 2. The molecule has 2 aliphatic rings. The molecule has 0 aromatic heterocycles. The Morgan fingerprint density at radius 2 is 1.94 bits per heavy atom. The van der Waals surface area contributed by atoms with Gasteiger partial charge in [-0.2, -0.15) is 0 Å². The molecule has 0 bridgehead atoms. The van der Waals surface area contributed by atoms with Crippen LogP contribution in [0.4, 0.5) is 0 Å². The van der Waals surface area contributed by atoms with Crippen molar-refractivity contribution in [3.8, 4) is 0 Å². The zero-order valence-electron chi connectivity index (χ0n) is 11.4. The van der Waals surface area contributed by atoms with Crippen LogP contribution in [0.2, 0.25) is 0 Å². The lowest BCUT2D eigenvalue weighted by Gasteiger charge is -2.26. The van der Waals surface area contributed by atoms with Crippen LogP contribution in [-0.2, 0) is 4.74 Å². The standard InChI is InChI=1S/C15H29NO/c1-13-6-8-14(9-7-13)12-16-10-2-4-15-5-3-11-17-15/h13-16H,2-12H2,1H3. The summed E-state index contributed by atoms with van der Waals surface area (Å²) in [4.78, 5) is 0. The fraction of sp³-hybridized carbons (Fsp3) is 1.00. The van der Waals surface area contributed by atoms with E-state index >= 15 is 0 Å². The SMILES string of the molecule is CC1CCC(CNCCCC2CCCO2)CC1. The van der Waals surface area contributed by atoms with E-state index in [1.54, 1.807) is 0 Å². The van der Waals surface area contributed by atoms with Gasteiger partial charge in [-0.05, 0) is 63.5 Å². The van der Waals surface area contributed by atoms with Crippen LogP contribution in [0.3, 0.4) is 0 Å². The first-order valence-corrected chi connectivity index (χ1v) is 7.67. The molecule has 0 aromatic carbocycles. The summed E-state index contributed by atoms with van der Waals surface area (Å²) in [6.07, 6.45) is 11.5. The van der Waals surface area contributed by atoms with E-state index in [-0.39, 0.29) is 0 Å². The maximum absolute atomic E-state index is 5.63. The highest BCUT2D eigenvalue weighted by molar-refractivity contribution is 4.72. The molecule has 0 radical (unpaired) electrons. The number of rotatable bonds is 6. The molecule has 2 fully saturated rings. The zero-order valence-corrected chi connectivity index (χ0v) is 11.4. The van der Waals surface area contributed by atoms with E-state index in [0.717, 1.165) is 18.4 Å². The molecule has 1 atom stereocenters. The Kier molecular flexibility index (Phi) is 5.79. The van der Waals surface area contributed by atoms with Gasteiger partial charge in [0.1, 0.15) is 0 Å². The van der Waals surface area contributed by atoms with E-state index in [0.29, 0.717) is 6.10 Å². The van der Waals surface area contributed by atoms with Crippen molar-refractivity contribution in [1.82, 2.24) is 5.32 Å². The molecule has 2 nitrogen and oxygen atoms in total. The quantitative estimate of drug-likeness (QED) is 0.718. The Bertz CT molecular complexity index is 193. The zero-order chi connectivity index (χ0) is 11.9. The first-order chi connectivity index (χ1) is 8.34. The van der Waals surface area contributed by atoms with Gasteiger partial charge in [-0.1, -0.05) is 19.8 Å². The van der Waals surface area contributed by atoms with E-state index in [9.17, 15) is 0 Å². The topological polar surface area (TPSA) is 21.3 Å². The summed E-state index contributed by atoms with van der Waals surface area (Å²) in [5.74, 6) is 1.93. The molecule has 1 heterocycles. The second-order valence-electron chi connectivity index (χ2n) is 6.11. The molecule has 1 aliphatic heterocycles. The number of nitrogens with one attached hydrogen (secondary N) is 1. The van der Waals surface area contributed by atoms with Crippen LogP contribution in [0.5, 0.6) is 0 Å². The van der Waals surface area contributed by atoms with Crippen LogP contribution in [0, 0.1) is 11.8 Å². The van der Waals surface area contributed by atoms with Crippen molar-refractivity contribution < 1.29 is 4.74 Å². The predicted molar refractivity (Wildman–Crippen MR) is 72.2 cm³/mol. The van der Waals surface area contributed by atoms with Crippen molar-refractivity contribution in [3.63, 3.8) is 0 Å². The van der Waals surface area contributed by atoms with Gasteiger partial charge < -0.3 is 10.1 Å². The van der Waals surface area contributed by atoms with Gasteiger partial charge in [0.15, 0.2) is 0 Å². The highest BCUT2D eigenvalue weighted by Crippen LogP contribution is 2.27. The average Bonchev–Trinajstić information content (AvgIpc) is 2.84. The van der Waals surface area contributed by atoms with Crippen molar-refractivity contribution in [3.05, 3.63) is 0 Å². The van der Waals surface area contributed by atoms with Crippen molar-refractivity contribution in [2.45, 2.75) is 64.4 Å². The molecule has 0 amide bonds. The minimum atomic E-state index is 0.576. The lowest BCUT2D eigenvalue weighted by Crippen LogP contribution is -2.27. The first-order valence-electron chi connectivity index (χ1n) is 7.67. The second-order valence-corrected chi connectivity index (χ2v) is 6.11. The van der Waals surface area contributed by atoms with Crippen molar-refractivity contribution in [2.24, 2.45) is 11.8 Å². The Morgan fingerprint density at radius 1 is 1.12 bits per heavy atom. The molecular weight excluding hydrogens is 210 g/mol. The molecule has 1 saturated carbocycles. The fourth-order valence-electron chi connectivity index (χ4n) is 3.17. The number of hydrogen-bond donors (Lipinski definition) is 1. The maximum Gasteiger partial charge on any atom is 0.0576 e. The summed E-state index contributed by atoms with van der Waals surface area (Å²) in [5, 5.41) is 3.64. The molecule has 0 aromatic rings. The molecule has 17 heavy (non-hydrogen) atoms. The summed E-state index contributed by atoms with van der Waals surface area (Å²) in [6.45, 7) is 5.83. The van der Waals surface area contributed by atoms with E-state index in [1.807, 2.05) is 0 Å². The second kappa shape index (κ2) is 7.38. The van der Waals surface area contributed by atoms with Crippen LogP contribution in [0.1, 0.15) is 58.3 Å². The lowest BCUT2D eigenvalue weighted by atomic mass is 9.83. The van der Waals surface area contributed by atoms with Crippen molar-refractivity contribution >= 4 is 0 Å². The summed E-state index contributed by atoms with van der Waals surface area (Å²) in [6, 6.07) is 0. The van der Waals surface area contributed by atoms with Gasteiger partial charge in [-0.15, -0.1) is 0 Å². The fourth-order valence-corrected chi connectivity index (χ4v) is 3.17. The minimum Gasteiger partial charge on any atom is -0.378 e. The van der Waals surface area contributed by atoms with Crippen LogP contribution in [-0.4, -0.2) is 25.8 Å². The molecule has 1 N–H and O–H groups in total. The summed E-state index contributed by atoms with van der Waals surface area (Å²) in [7, 11) is 0. The van der Waals surface area contributed by atoms with Gasteiger partial charge >= 0.3 is 0 Å². The third kappa shape index (κ3) is 4.97. The Morgan fingerprint density at radius 3 is 2.65 bits per heavy atom. The van der Waals surface area contributed by atoms with Crippen LogP contribution < -0.4 is 5.32 Å². The Labute approximate surface area is 107 Å². The number of ether oxygens (including phenoxy) is 1. The van der Waals surface area contributed by atoms with Crippen LogP contribution in [0.25, 0.3) is 0 Å². The van der Waals surface area contributed by atoms with E-state index in [4.69, 9.17) is 4.74 Å². The van der Waals surface area contributed by atoms with E-state index in [2.05, 4.69) is 12.2 Å². The Hall–Kier alpha value is -0.0800. The maximum atomic E-state index is 5.63. The molecule has 1 saturated heterocycles. The van der Waals surface area contributed by atoms with Gasteiger partial charge in [-0.25, -0.2) is 0 Å². The third-order valence-corrected chi connectivity index (χ3v) is 4.47. The molecule has 1 unspecified atom stereocenters. The molecule has 2 heteroatoms. The van der Waals surface area contributed by atoms with Gasteiger partial charge in [0, 0.05) is 6.61 Å². The molecule has 100 valence electrons. The summed E-state index contributed by atoms with van der Waals surface area (Å²) >= 11 is 0. The van der Waals surface area contributed by atoms with Gasteiger partial charge in [0.2, 0.25) is 0 Å². The van der Waals surface area contributed by atoms with E-state index < -0.39 is 0 Å². The normalized spacial score (nSPS) is 34.1. The van der Waals surface area contributed by atoms with Crippen molar-refractivity contribution in [2.75, 3.05) is 19.7 Å². The van der Waals surface area contributed by atoms with Gasteiger partial charge in [0.25, 0.3) is 0 Å².